The van der Waals surface area contributed by atoms with Gasteiger partial charge in [0.2, 0.25) is 6.10 Å². The summed E-state index contributed by atoms with van der Waals surface area (Å²) in [6.07, 6.45) is 3.45. The Morgan fingerprint density at radius 3 is 2.39 bits per heavy atom. The molecule has 1 aliphatic heterocycles. The fraction of sp³-hybridized carbons (Fsp3) is 0.289. The van der Waals surface area contributed by atoms with E-state index in [0.29, 0.717) is 47.1 Å². The summed E-state index contributed by atoms with van der Waals surface area (Å²) < 4.78 is 22.2. The molecule has 4 N–H and O–H groups in total. The first-order valence-corrected chi connectivity index (χ1v) is 18.1. The van der Waals surface area contributed by atoms with Crippen molar-refractivity contribution in [3.8, 4) is 17.2 Å². The summed E-state index contributed by atoms with van der Waals surface area (Å²) in [5.74, 6) is 2.30. The Morgan fingerprint density at radius 2 is 1.63 bits per heavy atom. The van der Waals surface area contributed by atoms with E-state index in [1.54, 1.807) is 31.6 Å². The summed E-state index contributed by atoms with van der Waals surface area (Å²) in [4.78, 5) is 46.3. The number of nitrogens with one attached hydrogen (secondary N) is 2. The molecule has 2 aromatic heterocycles. The first-order chi connectivity index (χ1) is 26.6. The molecular formula is C45H53N5O7. The lowest BCUT2D eigenvalue weighted by Gasteiger charge is -2.31. The van der Waals surface area contributed by atoms with E-state index in [1.807, 2.05) is 98.5 Å². The van der Waals surface area contributed by atoms with Gasteiger partial charge in [0.1, 0.15) is 23.1 Å². The zero-order valence-corrected chi connectivity index (χ0v) is 31.6. The summed E-state index contributed by atoms with van der Waals surface area (Å²) in [6.45, 7) is 7.01. The van der Waals surface area contributed by atoms with E-state index in [-0.39, 0.29) is 32.4 Å². The van der Waals surface area contributed by atoms with Crippen LogP contribution >= 0.6 is 0 Å². The van der Waals surface area contributed by atoms with Crippen LogP contribution < -0.4 is 30.8 Å². The second kappa shape index (κ2) is 19.3. The summed E-state index contributed by atoms with van der Waals surface area (Å²) in [5, 5.41) is 6.00. The number of rotatable bonds is 9. The van der Waals surface area contributed by atoms with Gasteiger partial charge in [-0.25, -0.2) is 9.78 Å². The number of fused-ring (bicyclic) bond motifs is 2. The monoisotopic (exact) mass is 775 g/mol. The number of aryl methyl sites for hydroxylation is 2. The first kappa shape index (κ1) is 43.2. The zero-order chi connectivity index (χ0) is 39.1. The van der Waals surface area contributed by atoms with E-state index in [2.05, 4.69) is 15.3 Å². The Balaban J connectivity index is 0.000000406. The van der Waals surface area contributed by atoms with Crippen molar-refractivity contribution >= 4 is 45.1 Å². The van der Waals surface area contributed by atoms with Gasteiger partial charge >= 0.3 is 6.09 Å². The van der Waals surface area contributed by atoms with Gasteiger partial charge in [-0.3, -0.25) is 14.9 Å². The number of nitrogens with zero attached hydrogens (tertiary/aromatic N) is 2. The molecule has 7 rings (SSSR count). The minimum absolute atomic E-state index is 0. The quantitative estimate of drug-likeness (QED) is 0.130. The standard InChI is InChI=1S/C33H36N4O5.C10H9NO2.2CH4/c1-5-41-29-18-23(10-8-21(29)3)30(42-25-12-13-26-22(17-25)14-15-35-31(26)34)32(38)37-16-6-7-28(37)27-19-24(11-9-20(27)2)36-33(39)40-4;1-13-8-2-3-9-7(6-8)4-5-11-10(9)12;;/h8-15,17-19,28,30H,5-7,16H2,1-4H3,(H2,34,35)(H,36,39);2-6H,1H3,(H,11,12);2*1H4/t28-,30-;;;/m1.../s1. The van der Waals surface area contributed by atoms with Crippen molar-refractivity contribution in [3.63, 3.8) is 0 Å². The number of ether oxygens (including phenoxy) is 4. The van der Waals surface area contributed by atoms with Gasteiger partial charge in [-0.2, -0.15) is 0 Å². The molecule has 300 valence electrons. The number of H-pyrrole nitrogens is 1. The number of benzene rings is 4. The van der Waals surface area contributed by atoms with E-state index in [9.17, 15) is 14.4 Å². The zero-order valence-electron chi connectivity index (χ0n) is 31.6. The minimum atomic E-state index is -0.918. The summed E-state index contributed by atoms with van der Waals surface area (Å²) in [7, 11) is 2.93. The van der Waals surface area contributed by atoms with Crippen LogP contribution in [0.2, 0.25) is 0 Å². The normalized spacial score (nSPS) is 13.6. The van der Waals surface area contributed by atoms with Crippen molar-refractivity contribution < 1.29 is 28.5 Å². The number of nitrogen functional groups attached to an aromatic ring is 1. The third-order valence-corrected chi connectivity index (χ3v) is 9.65. The third-order valence-electron chi connectivity index (χ3n) is 9.65. The van der Waals surface area contributed by atoms with Gasteiger partial charge in [0.15, 0.2) is 0 Å². The molecule has 12 heteroatoms. The van der Waals surface area contributed by atoms with Crippen molar-refractivity contribution in [2.75, 3.05) is 38.4 Å². The van der Waals surface area contributed by atoms with Crippen LogP contribution in [-0.2, 0) is 9.53 Å². The maximum absolute atomic E-state index is 14.5. The van der Waals surface area contributed by atoms with E-state index in [4.69, 9.17) is 24.7 Å². The van der Waals surface area contributed by atoms with E-state index in [1.165, 1.54) is 7.11 Å². The highest BCUT2D eigenvalue weighted by atomic mass is 16.5. The molecule has 1 fully saturated rings. The molecule has 0 bridgehead atoms. The molecule has 2 amide bonds. The van der Waals surface area contributed by atoms with Gasteiger partial charge in [0.25, 0.3) is 11.5 Å². The molecule has 2 atom stereocenters. The topological polar surface area (TPSA) is 158 Å². The average molecular weight is 776 g/mol. The lowest BCUT2D eigenvalue weighted by atomic mass is 9.97. The van der Waals surface area contributed by atoms with Crippen LogP contribution in [0.3, 0.4) is 0 Å². The molecule has 0 saturated carbocycles. The average Bonchev–Trinajstić information content (AvgIpc) is 3.68. The molecule has 0 spiro atoms. The molecule has 4 aromatic carbocycles. The molecule has 3 heterocycles. The number of aromatic amines is 1. The van der Waals surface area contributed by atoms with Crippen molar-refractivity contribution in [1.82, 2.24) is 14.9 Å². The van der Waals surface area contributed by atoms with Crippen molar-refractivity contribution in [1.29, 1.82) is 0 Å². The van der Waals surface area contributed by atoms with Crippen LogP contribution in [0.15, 0.2) is 102 Å². The number of likely N-dealkylation sites (tertiary alicyclic amines) is 1. The van der Waals surface area contributed by atoms with E-state index in [0.717, 1.165) is 51.4 Å². The minimum Gasteiger partial charge on any atom is -0.497 e. The third kappa shape index (κ3) is 9.82. The summed E-state index contributed by atoms with van der Waals surface area (Å²) in [6, 6.07) is 25.9. The van der Waals surface area contributed by atoms with Gasteiger partial charge in [-0.1, -0.05) is 33.1 Å². The molecule has 0 radical (unpaired) electrons. The van der Waals surface area contributed by atoms with Crippen LogP contribution in [-0.4, -0.2) is 54.2 Å². The van der Waals surface area contributed by atoms with Crippen molar-refractivity contribution in [3.05, 3.63) is 130 Å². The number of nitrogens with two attached hydrogens (primary N) is 1. The fourth-order valence-corrected chi connectivity index (χ4v) is 6.79. The van der Waals surface area contributed by atoms with Crippen LogP contribution in [0.1, 0.15) is 69.0 Å². The molecule has 1 saturated heterocycles. The molecule has 6 aromatic rings. The Kier molecular flexibility index (Phi) is 14.7. The number of carbonyl (C=O) groups excluding carboxylic acids is 2. The second-order valence-corrected chi connectivity index (χ2v) is 13.2. The van der Waals surface area contributed by atoms with Crippen LogP contribution in [0.4, 0.5) is 16.3 Å². The number of hydrogen-bond donors (Lipinski definition) is 3. The Bertz CT molecular complexity index is 2400. The SMILES string of the molecule is C.C.CCOc1cc([C@@H](Oc2ccc3c(N)nccc3c2)C(=O)N2CCC[C@@H]2c2cc(NC(=O)OC)ccc2C)ccc1C.COc1ccc2c(=O)[nH]ccc2c1. The highest BCUT2D eigenvalue weighted by Crippen LogP contribution is 2.39. The number of pyridine rings is 2. The maximum atomic E-state index is 14.5. The number of aromatic nitrogens is 2. The second-order valence-electron chi connectivity index (χ2n) is 13.2. The molecule has 57 heavy (non-hydrogen) atoms. The lowest BCUT2D eigenvalue weighted by molar-refractivity contribution is -0.140. The van der Waals surface area contributed by atoms with Gasteiger partial charge < -0.3 is 34.6 Å². The summed E-state index contributed by atoms with van der Waals surface area (Å²) in [5.41, 5.74) is 10.3. The molecule has 0 aliphatic carbocycles. The van der Waals surface area contributed by atoms with Crippen LogP contribution in [0.5, 0.6) is 17.2 Å². The van der Waals surface area contributed by atoms with E-state index < -0.39 is 12.2 Å². The maximum Gasteiger partial charge on any atom is 0.411 e. The van der Waals surface area contributed by atoms with Crippen LogP contribution in [0.25, 0.3) is 21.5 Å². The summed E-state index contributed by atoms with van der Waals surface area (Å²) >= 11 is 0. The highest BCUT2D eigenvalue weighted by molar-refractivity contribution is 5.92. The Labute approximate surface area is 333 Å². The smallest absolute Gasteiger partial charge is 0.411 e. The largest absolute Gasteiger partial charge is 0.497 e. The van der Waals surface area contributed by atoms with Gasteiger partial charge in [0.05, 0.1) is 26.9 Å². The fourth-order valence-electron chi connectivity index (χ4n) is 6.79. The molecule has 0 unspecified atom stereocenters. The predicted octanol–water partition coefficient (Wildman–Crippen LogP) is 9.30. The Morgan fingerprint density at radius 1 is 0.912 bits per heavy atom. The molecule has 1 aliphatic rings. The van der Waals surface area contributed by atoms with Gasteiger partial charge in [-0.15, -0.1) is 0 Å². The predicted molar refractivity (Wildman–Crippen MR) is 227 cm³/mol. The van der Waals surface area contributed by atoms with Gasteiger partial charge in [-0.05, 0) is 128 Å². The molecular weight excluding hydrogens is 723 g/mol. The van der Waals surface area contributed by atoms with Crippen molar-refractivity contribution in [2.45, 2.75) is 60.6 Å². The Hall–Kier alpha value is -6.56. The van der Waals surface area contributed by atoms with E-state index >= 15 is 0 Å². The highest BCUT2D eigenvalue weighted by Gasteiger charge is 2.37. The van der Waals surface area contributed by atoms with Gasteiger partial charge in [0, 0.05) is 41.0 Å². The number of amides is 2. The lowest BCUT2D eigenvalue weighted by Crippen LogP contribution is -2.37. The number of carbonyl (C=O) groups is 2. The van der Waals surface area contributed by atoms with Crippen LogP contribution in [0, 0.1) is 13.8 Å². The number of hydrogen-bond acceptors (Lipinski definition) is 9. The number of methoxy groups -OCH3 is 2. The number of anilines is 2. The molecule has 12 nitrogen and oxygen atoms in total. The van der Waals surface area contributed by atoms with Crippen molar-refractivity contribution in [2.24, 2.45) is 0 Å². The first-order valence-electron chi connectivity index (χ1n) is 18.1.